The summed E-state index contributed by atoms with van der Waals surface area (Å²) in [7, 11) is 0. The molecule has 1 aliphatic rings. The molecule has 5 heteroatoms. The molecule has 0 bridgehead atoms. The summed E-state index contributed by atoms with van der Waals surface area (Å²) in [5.74, 6) is 0.0777. The first-order valence-corrected chi connectivity index (χ1v) is 9.44. The average molecular weight is 342 g/mol. The van der Waals surface area contributed by atoms with Crippen molar-refractivity contribution in [3.8, 4) is 0 Å². The number of amides is 1. The van der Waals surface area contributed by atoms with Gasteiger partial charge in [0, 0.05) is 19.3 Å². The third-order valence-electron chi connectivity index (χ3n) is 4.25. The molecule has 2 aromatic rings. The molecule has 0 radical (unpaired) electrons. The summed E-state index contributed by atoms with van der Waals surface area (Å²) in [6.45, 7) is 2.11. The highest BCUT2D eigenvalue weighted by atomic mass is 32.2. The number of likely N-dealkylation sites (tertiary alicyclic amines) is 1. The topological polar surface area (TPSA) is 42.4 Å². The van der Waals surface area contributed by atoms with Crippen molar-refractivity contribution in [3.63, 3.8) is 0 Å². The van der Waals surface area contributed by atoms with Gasteiger partial charge < -0.3 is 9.64 Å². The number of carbonyl (C=O) groups excluding carboxylic acids is 1. The largest absolute Gasteiger partial charge is 0.373 e. The van der Waals surface area contributed by atoms with Gasteiger partial charge in [-0.15, -0.1) is 11.8 Å². The molecule has 3 rings (SSSR count). The van der Waals surface area contributed by atoms with Gasteiger partial charge in [0.2, 0.25) is 0 Å². The third kappa shape index (κ3) is 4.16. The number of ether oxygens (including phenoxy) is 1. The van der Waals surface area contributed by atoms with Gasteiger partial charge in [0.25, 0.3) is 5.91 Å². The van der Waals surface area contributed by atoms with E-state index in [4.69, 9.17) is 4.74 Å². The van der Waals surface area contributed by atoms with Crippen molar-refractivity contribution in [1.29, 1.82) is 0 Å². The number of pyridine rings is 1. The lowest BCUT2D eigenvalue weighted by molar-refractivity contribution is -0.000471. The first-order valence-electron chi connectivity index (χ1n) is 8.21. The maximum absolute atomic E-state index is 12.7. The van der Waals surface area contributed by atoms with Gasteiger partial charge in [-0.25, -0.2) is 4.98 Å². The fourth-order valence-corrected chi connectivity index (χ4v) is 3.44. The van der Waals surface area contributed by atoms with E-state index in [9.17, 15) is 4.79 Å². The quantitative estimate of drug-likeness (QED) is 0.778. The van der Waals surface area contributed by atoms with Crippen molar-refractivity contribution in [2.75, 3.05) is 19.3 Å². The SMILES string of the molecule is CSc1ncccc1C(=O)N1CCC(OCc2ccccc2)CC1. The first-order chi connectivity index (χ1) is 11.8. The fraction of sp³-hybridized carbons (Fsp3) is 0.368. The molecule has 1 amide bonds. The van der Waals surface area contributed by atoms with E-state index in [0.717, 1.165) is 31.0 Å². The van der Waals surface area contributed by atoms with E-state index in [0.29, 0.717) is 12.2 Å². The van der Waals surface area contributed by atoms with Crippen LogP contribution in [0.25, 0.3) is 0 Å². The highest BCUT2D eigenvalue weighted by Crippen LogP contribution is 2.22. The molecule has 0 atom stereocenters. The minimum absolute atomic E-state index is 0.0777. The van der Waals surface area contributed by atoms with Crippen molar-refractivity contribution in [2.24, 2.45) is 0 Å². The van der Waals surface area contributed by atoms with Crippen LogP contribution in [0.4, 0.5) is 0 Å². The molecule has 1 saturated heterocycles. The second kappa shape index (κ2) is 8.31. The minimum atomic E-state index is 0.0777. The summed E-state index contributed by atoms with van der Waals surface area (Å²) in [6.07, 6.45) is 5.67. The predicted octanol–water partition coefficient (Wildman–Crippen LogP) is 3.62. The molecule has 0 spiro atoms. The number of rotatable bonds is 5. The van der Waals surface area contributed by atoms with E-state index >= 15 is 0 Å². The van der Waals surface area contributed by atoms with Crippen LogP contribution >= 0.6 is 11.8 Å². The zero-order chi connectivity index (χ0) is 16.8. The Labute approximate surface area is 147 Å². The van der Waals surface area contributed by atoms with Gasteiger partial charge in [-0.05, 0) is 36.8 Å². The van der Waals surface area contributed by atoms with E-state index in [1.165, 1.54) is 17.3 Å². The zero-order valence-electron chi connectivity index (χ0n) is 13.9. The van der Waals surface area contributed by atoms with Crippen molar-refractivity contribution in [1.82, 2.24) is 9.88 Å². The van der Waals surface area contributed by atoms with Crippen LogP contribution in [0.3, 0.4) is 0 Å². The Morgan fingerprint density at radius 1 is 1.21 bits per heavy atom. The summed E-state index contributed by atoms with van der Waals surface area (Å²) in [5, 5.41) is 0.796. The molecule has 2 heterocycles. The number of carbonyl (C=O) groups is 1. The monoisotopic (exact) mass is 342 g/mol. The third-order valence-corrected chi connectivity index (χ3v) is 4.96. The zero-order valence-corrected chi connectivity index (χ0v) is 14.7. The molecule has 0 saturated carbocycles. The summed E-state index contributed by atoms with van der Waals surface area (Å²) < 4.78 is 5.99. The smallest absolute Gasteiger partial charge is 0.256 e. The molecule has 1 aliphatic heterocycles. The summed E-state index contributed by atoms with van der Waals surface area (Å²) in [4.78, 5) is 18.9. The highest BCUT2D eigenvalue weighted by Gasteiger charge is 2.25. The Hall–Kier alpha value is -1.85. The molecule has 0 aliphatic carbocycles. The summed E-state index contributed by atoms with van der Waals surface area (Å²) in [5.41, 5.74) is 1.89. The number of benzene rings is 1. The molecule has 24 heavy (non-hydrogen) atoms. The maximum atomic E-state index is 12.7. The molecular formula is C19H22N2O2S. The number of piperidine rings is 1. The Morgan fingerprint density at radius 3 is 2.67 bits per heavy atom. The van der Waals surface area contributed by atoms with Crippen molar-refractivity contribution < 1.29 is 9.53 Å². The molecule has 126 valence electrons. The predicted molar refractivity (Wildman–Crippen MR) is 96.2 cm³/mol. The van der Waals surface area contributed by atoms with E-state index < -0.39 is 0 Å². The van der Waals surface area contributed by atoms with Crippen molar-refractivity contribution in [2.45, 2.75) is 30.6 Å². The van der Waals surface area contributed by atoms with E-state index in [2.05, 4.69) is 17.1 Å². The lowest BCUT2D eigenvalue weighted by Crippen LogP contribution is -2.41. The summed E-state index contributed by atoms with van der Waals surface area (Å²) >= 11 is 1.51. The fourth-order valence-electron chi connectivity index (χ4n) is 2.90. The van der Waals surface area contributed by atoms with Gasteiger partial charge in [-0.2, -0.15) is 0 Å². The number of thioether (sulfide) groups is 1. The molecule has 4 nitrogen and oxygen atoms in total. The molecule has 0 N–H and O–H groups in total. The Kier molecular flexibility index (Phi) is 5.88. The second-order valence-electron chi connectivity index (χ2n) is 5.85. The van der Waals surface area contributed by atoms with Crippen LogP contribution in [0.2, 0.25) is 0 Å². The molecule has 1 fully saturated rings. The van der Waals surface area contributed by atoms with E-state index in [1.54, 1.807) is 6.20 Å². The highest BCUT2D eigenvalue weighted by molar-refractivity contribution is 7.98. The first kappa shape index (κ1) is 17.0. The normalized spacial score (nSPS) is 15.5. The van der Waals surface area contributed by atoms with Crippen LogP contribution < -0.4 is 0 Å². The number of hydrogen-bond donors (Lipinski definition) is 0. The average Bonchev–Trinajstić information content (AvgIpc) is 2.67. The van der Waals surface area contributed by atoms with Crippen LogP contribution in [-0.4, -0.2) is 41.2 Å². The molecule has 1 aromatic carbocycles. The Balaban J connectivity index is 1.52. The van der Waals surface area contributed by atoms with Crippen molar-refractivity contribution in [3.05, 3.63) is 59.8 Å². The minimum Gasteiger partial charge on any atom is -0.373 e. The lowest BCUT2D eigenvalue weighted by atomic mass is 10.1. The van der Waals surface area contributed by atoms with Crippen LogP contribution in [-0.2, 0) is 11.3 Å². The summed E-state index contributed by atoms with van der Waals surface area (Å²) in [6, 6.07) is 13.9. The van der Waals surface area contributed by atoms with Gasteiger partial charge in [0.1, 0.15) is 5.03 Å². The van der Waals surface area contributed by atoms with Crippen LogP contribution in [0.15, 0.2) is 53.7 Å². The number of hydrogen-bond acceptors (Lipinski definition) is 4. The number of nitrogens with zero attached hydrogens (tertiary/aromatic N) is 2. The van der Waals surface area contributed by atoms with Crippen molar-refractivity contribution >= 4 is 17.7 Å². The van der Waals surface area contributed by atoms with Crippen LogP contribution in [0, 0.1) is 0 Å². The molecule has 1 aromatic heterocycles. The van der Waals surface area contributed by atoms with Gasteiger partial charge in [0.15, 0.2) is 0 Å². The number of aromatic nitrogens is 1. The van der Waals surface area contributed by atoms with E-state index in [1.807, 2.05) is 41.5 Å². The molecule has 0 unspecified atom stereocenters. The maximum Gasteiger partial charge on any atom is 0.256 e. The van der Waals surface area contributed by atoms with Gasteiger partial charge in [-0.1, -0.05) is 30.3 Å². The van der Waals surface area contributed by atoms with Crippen LogP contribution in [0.1, 0.15) is 28.8 Å². The van der Waals surface area contributed by atoms with E-state index in [-0.39, 0.29) is 12.0 Å². The Morgan fingerprint density at radius 2 is 1.96 bits per heavy atom. The molecular weight excluding hydrogens is 320 g/mol. The van der Waals surface area contributed by atoms with Gasteiger partial charge in [-0.3, -0.25) is 4.79 Å². The standard InChI is InChI=1S/C19H22N2O2S/c1-24-18-17(8-5-11-20-18)19(22)21-12-9-16(10-13-21)23-14-15-6-3-2-4-7-15/h2-8,11,16H,9-10,12-14H2,1H3. The second-order valence-corrected chi connectivity index (χ2v) is 6.64. The van der Waals surface area contributed by atoms with Gasteiger partial charge >= 0.3 is 0 Å². The Bertz CT molecular complexity index is 670. The lowest BCUT2D eigenvalue weighted by Gasteiger charge is -2.32. The van der Waals surface area contributed by atoms with Gasteiger partial charge in [0.05, 0.1) is 18.3 Å². The van der Waals surface area contributed by atoms with Crippen LogP contribution in [0.5, 0.6) is 0 Å².